The van der Waals surface area contributed by atoms with E-state index >= 15 is 0 Å². The van der Waals surface area contributed by atoms with E-state index in [-0.39, 0.29) is 5.97 Å². The third-order valence-corrected chi connectivity index (χ3v) is 4.16. The number of allylic oxidation sites excluding steroid dienone is 1. The smallest absolute Gasteiger partial charge is 0.338 e. The molecule has 1 aliphatic rings. The van der Waals surface area contributed by atoms with E-state index in [1.54, 1.807) is 12.1 Å². The van der Waals surface area contributed by atoms with Gasteiger partial charge in [-0.25, -0.2) is 4.79 Å². The van der Waals surface area contributed by atoms with Crippen LogP contribution in [0.2, 0.25) is 0 Å². The molecule has 20 heavy (non-hydrogen) atoms. The Hall–Kier alpha value is -1.28. The first-order valence-corrected chi connectivity index (χ1v) is 7.82. The Morgan fingerprint density at radius 3 is 2.55 bits per heavy atom. The lowest BCUT2D eigenvalue weighted by atomic mass is 9.84. The van der Waals surface area contributed by atoms with Crippen molar-refractivity contribution in [2.45, 2.75) is 32.1 Å². The van der Waals surface area contributed by atoms with Crippen LogP contribution in [0.5, 0.6) is 0 Å². The van der Waals surface area contributed by atoms with Gasteiger partial charge in [0.05, 0.1) is 5.56 Å². The van der Waals surface area contributed by atoms with Crippen LogP contribution in [0.3, 0.4) is 0 Å². The number of alkyl halides is 1. The fourth-order valence-corrected chi connectivity index (χ4v) is 3.01. The number of carbonyl (C=O) groups is 1. The fourth-order valence-electron chi connectivity index (χ4n) is 2.69. The Morgan fingerprint density at radius 1 is 1.20 bits per heavy atom. The number of esters is 1. The maximum Gasteiger partial charge on any atom is 0.338 e. The number of hydrogen-bond acceptors (Lipinski definition) is 2. The van der Waals surface area contributed by atoms with E-state index in [4.69, 9.17) is 16.3 Å². The minimum Gasteiger partial charge on any atom is -0.458 e. The third-order valence-electron chi connectivity index (χ3n) is 3.85. The van der Waals surface area contributed by atoms with E-state index in [1.807, 2.05) is 24.3 Å². The zero-order chi connectivity index (χ0) is 14.2. The lowest BCUT2D eigenvalue weighted by Crippen LogP contribution is -2.12. The third kappa shape index (κ3) is 4.38. The molecule has 0 aromatic heterocycles. The van der Waals surface area contributed by atoms with Crippen LogP contribution >= 0.6 is 11.6 Å². The summed E-state index contributed by atoms with van der Waals surface area (Å²) in [4.78, 5) is 11.8. The number of hydrogen-bond donors (Lipinski definition) is 0. The number of benzene rings is 1. The van der Waals surface area contributed by atoms with Gasteiger partial charge < -0.3 is 4.74 Å². The molecule has 1 fully saturated rings. The van der Waals surface area contributed by atoms with Crippen LogP contribution in [0, 0.1) is 5.92 Å². The van der Waals surface area contributed by atoms with Gasteiger partial charge in [-0.2, -0.15) is 0 Å². The molecular formula is C17H21ClO2. The summed E-state index contributed by atoms with van der Waals surface area (Å²) < 4.78 is 5.28. The van der Waals surface area contributed by atoms with E-state index in [0.29, 0.717) is 24.0 Å². The molecule has 0 heterocycles. The molecule has 2 rings (SSSR count). The number of carbonyl (C=O) groups excluding carboxylic acids is 1. The molecule has 1 aromatic rings. The van der Waals surface area contributed by atoms with Crippen LogP contribution in [-0.2, 0) is 4.74 Å². The molecule has 0 unspecified atom stereocenters. The zero-order valence-electron chi connectivity index (χ0n) is 11.7. The summed E-state index contributed by atoms with van der Waals surface area (Å²) in [6.45, 7) is 0.312. The van der Waals surface area contributed by atoms with Crippen molar-refractivity contribution in [1.82, 2.24) is 0 Å². The Bertz CT molecular complexity index is 447. The molecule has 3 heteroatoms. The summed E-state index contributed by atoms with van der Waals surface area (Å²) in [6.07, 6.45) is 8.31. The van der Waals surface area contributed by atoms with E-state index in [1.165, 1.54) is 37.7 Å². The largest absolute Gasteiger partial charge is 0.458 e. The van der Waals surface area contributed by atoms with Gasteiger partial charge in [-0.1, -0.05) is 43.0 Å². The highest BCUT2D eigenvalue weighted by Gasteiger charge is 2.17. The highest BCUT2D eigenvalue weighted by molar-refractivity contribution is 6.19. The van der Waals surface area contributed by atoms with Gasteiger partial charge in [0.1, 0.15) is 6.61 Å². The van der Waals surface area contributed by atoms with Crippen molar-refractivity contribution in [2.75, 3.05) is 12.5 Å². The predicted molar refractivity (Wildman–Crippen MR) is 82.1 cm³/mol. The molecule has 1 saturated carbocycles. The molecule has 1 aromatic carbocycles. The Kier molecular flexibility index (Phi) is 6.13. The summed E-state index contributed by atoms with van der Waals surface area (Å²) in [5.41, 5.74) is 1.82. The second-order valence-corrected chi connectivity index (χ2v) is 5.48. The predicted octanol–water partition coefficient (Wildman–Crippen LogP) is 4.59. The summed E-state index contributed by atoms with van der Waals surface area (Å²) in [5, 5.41) is 0. The van der Waals surface area contributed by atoms with E-state index < -0.39 is 0 Å². The van der Waals surface area contributed by atoms with Gasteiger partial charge in [-0.05, 0) is 37.0 Å². The van der Waals surface area contributed by atoms with Gasteiger partial charge in [0, 0.05) is 5.88 Å². The van der Waals surface area contributed by atoms with Crippen LogP contribution in [0.1, 0.15) is 42.5 Å². The van der Waals surface area contributed by atoms with Crippen LogP contribution in [-0.4, -0.2) is 18.5 Å². The Balaban J connectivity index is 1.86. The Morgan fingerprint density at radius 2 is 1.90 bits per heavy atom. The summed E-state index contributed by atoms with van der Waals surface area (Å²) in [6, 6.07) is 9.06. The molecule has 0 spiro atoms. The number of rotatable bonds is 5. The second kappa shape index (κ2) is 8.11. The standard InChI is InChI=1S/C17H21ClO2/c18-13-16(14-7-3-1-4-8-14)11-12-20-17(19)15-9-5-2-6-10-15/h2,5-6,9-11,14H,1,3-4,7-8,12-13H2/b16-11-. The lowest BCUT2D eigenvalue weighted by Gasteiger charge is -2.23. The average Bonchev–Trinajstić information content (AvgIpc) is 2.53. The normalized spacial score (nSPS) is 16.9. The van der Waals surface area contributed by atoms with Crippen molar-refractivity contribution in [2.24, 2.45) is 5.92 Å². The van der Waals surface area contributed by atoms with Crippen molar-refractivity contribution in [1.29, 1.82) is 0 Å². The molecule has 1 aliphatic carbocycles. The molecule has 0 atom stereocenters. The van der Waals surface area contributed by atoms with E-state index in [0.717, 1.165) is 0 Å². The van der Waals surface area contributed by atoms with Gasteiger partial charge in [-0.3, -0.25) is 0 Å². The quantitative estimate of drug-likeness (QED) is 0.451. The fraction of sp³-hybridized carbons (Fsp3) is 0.471. The van der Waals surface area contributed by atoms with Crippen LogP contribution in [0.4, 0.5) is 0 Å². The number of halogens is 1. The first kappa shape index (κ1) is 15.1. The van der Waals surface area contributed by atoms with Gasteiger partial charge >= 0.3 is 5.97 Å². The van der Waals surface area contributed by atoms with Gasteiger partial charge in [0.25, 0.3) is 0 Å². The van der Waals surface area contributed by atoms with Crippen molar-refractivity contribution in [3.8, 4) is 0 Å². The summed E-state index contributed by atoms with van der Waals surface area (Å²) >= 11 is 6.02. The molecule has 0 bridgehead atoms. The van der Waals surface area contributed by atoms with E-state index in [2.05, 4.69) is 0 Å². The monoisotopic (exact) mass is 292 g/mol. The van der Waals surface area contributed by atoms with Crippen molar-refractivity contribution < 1.29 is 9.53 Å². The molecule has 0 saturated heterocycles. The van der Waals surface area contributed by atoms with Crippen molar-refractivity contribution >= 4 is 17.6 Å². The van der Waals surface area contributed by atoms with Gasteiger partial charge in [0.15, 0.2) is 0 Å². The highest BCUT2D eigenvalue weighted by Crippen LogP contribution is 2.30. The zero-order valence-corrected chi connectivity index (χ0v) is 12.4. The first-order chi connectivity index (χ1) is 9.81. The lowest BCUT2D eigenvalue weighted by molar-refractivity contribution is 0.0548. The van der Waals surface area contributed by atoms with Gasteiger partial charge in [-0.15, -0.1) is 11.6 Å². The number of ether oxygens (including phenoxy) is 1. The molecule has 108 valence electrons. The van der Waals surface area contributed by atoms with Gasteiger partial charge in [0.2, 0.25) is 0 Å². The van der Waals surface area contributed by atoms with Crippen LogP contribution in [0.25, 0.3) is 0 Å². The minimum absolute atomic E-state index is 0.278. The van der Waals surface area contributed by atoms with Crippen LogP contribution in [0.15, 0.2) is 42.0 Å². The highest BCUT2D eigenvalue weighted by atomic mass is 35.5. The summed E-state index contributed by atoms with van der Waals surface area (Å²) in [7, 11) is 0. The van der Waals surface area contributed by atoms with Crippen molar-refractivity contribution in [3.63, 3.8) is 0 Å². The molecule has 0 aliphatic heterocycles. The average molecular weight is 293 g/mol. The summed E-state index contributed by atoms with van der Waals surface area (Å²) in [5.74, 6) is 0.837. The minimum atomic E-state index is -0.278. The van der Waals surface area contributed by atoms with E-state index in [9.17, 15) is 4.79 Å². The maximum atomic E-state index is 11.8. The molecule has 0 radical (unpaired) electrons. The first-order valence-electron chi connectivity index (χ1n) is 7.28. The topological polar surface area (TPSA) is 26.3 Å². The van der Waals surface area contributed by atoms with Crippen molar-refractivity contribution in [3.05, 3.63) is 47.5 Å². The SMILES string of the molecule is O=C(OC/C=C(/CCl)C1CCCCC1)c1ccccc1. The Labute approximate surface area is 125 Å². The molecule has 2 nitrogen and oxygen atoms in total. The maximum absolute atomic E-state index is 11.8. The van der Waals surface area contributed by atoms with Crippen LogP contribution < -0.4 is 0 Å². The molecular weight excluding hydrogens is 272 g/mol. The molecule has 0 amide bonds. The second-order valence-electron chi connectivity index (χ2n) is 5.21. The molecule has 0 N–H and O–H groups in total.